The smallest absolute Gasteiger partial charge is 0.136 e. The van der Waals surface area contributed by atoms with Gasteiger partial charge >= 0.3 is 0 Å². The van der Waals surface area contributed by atoms with Gasteiger partial charge in [-0.25, -0.2) is 0 Å². The van der Waals surface area contributed by atoms with Crippen LogP contribution in [-0.2, 0) is 0 Å². The van der Waals surface area contributed by atoms with Gasteiger partial charge in [0, 0.05) is 31.7 Å². The van der Waals surface area contributed by atoms with Crippen LogP contribution in [0.3, 0.4) is 0 Å². The molecule has 0 amide bonds. The van der Waals surface area contributed by atoms with Crippen LogP contribution >= 0.6 is 15.9 Å². The number of benzene rings is 4. The first-order chi connectivity index (χ1) is 13.3. The summed E-state index contributed by atoms with van der Waals surface area (Å²) in [5.74, 6) is 0. The lowest BCUT2D eigenvalue weighted by Gasteiger charge is -2.07. The van der Waals surface area contributed by atoms with Crippen molar-refractivity contribution < 1.29 is 4.42 Å². The first-order valence-electron chi connectivity index (χ1n) is 8.90. The van der Waals surface area contributed by atoms with Crippen molar-refractivity contribution in [2.24, 2.45) is 0 Å². The number of rotatable bonds is 1. The minimum Gasteiger partial charge on any atom is -0.456 e. The summed E-state index contributed by atoms with van der Waals surface area (Å²) in [6, 6.07) is 29.6. The summed E-state index contributed by atoms with van der Waals surface area (Å²) in [6.45, 7) is 0. The van der Waals surface area contributed by atoms with E-state index < -0.39 is 0 Å². The van der Waals surface area contributed by atoms with Crippen molar-refractivity contribution in [2.45, 2.75) is 0 Å². The Balaban J connectivity index is 1.86. The maximum atomic E-state index is 6.13. The minimum atomic E-state index is 0.929. The Morgan fingerprint density at radius 2 is 1.37 bits per heavy atom. The number of furan rings is 1. The topological polar surface area (TPSA) is 18.1 Å². The molecule has 2 nitrogen and oxygen atoms in total. The van der Waals surface area contributed by atoms with Gasteiger partial charge in [-0.05, 0) is 42.5 Å². The van der Waals surface area contributed by atoms with Crippen molar-refractivity contribution in [2.75, 3.05) is 0 Å². The zero-order valence-corrected chi connectivity index (χ0v) is 15.9. The van der Waals surface area contributed by atoms with E-state index in [4.69, 9.17) is 4.42 Å². The number of halogens is 1. The van der Waals surface area contributed by atoms with Gasteiger partial charge < -0.3 is 8.98 Å². The molecule has 6 rings (SSSR count). The third-order valence-electron chi connectivity index (χ3n) is 5.24. The van der Waals surface area contributed by atoms with Crippen molar-refractivity contribution in [3.8, 4) is 5.69 Å². The Hall–Kier alpha value is -3.04. The lowest BCUT2D eigenvalue weighted by atomic mass is 10.1. The van der Waals surface area contributed by atoms with Gasteiger partial charge in [0.25, 0.3) is 0 Å². The Kier molecular flexibility index (Phi) is 3.06. The van der Waals surface area contributed by atoms with Crippen LogP contribution in [0.2, 0.25) is 0 Å². The molecule has 2 aromatic heterocycles. The quantitative estimate of drug-likeness (QED) is 0.274. The number of nitrogens with zero attached hydrogens (tertiary/aromatic N) is 1. The molecular formula is C24H14BrNO. The molecule has 0 bridgehead atoms. The molecule has 128 valence electrons. The normalized spacial score (nSPS) is 11.9. The molecule has 0 saturated carbocycles. The zero-order chi connectivity index (χ0) is 18.0. The summed E-state index contributed by atoms with van der Waals surface area (Å²) in [7, 11) is 0. The van der Waals surface area contributed by atoms with E-state index in [1.165, 1.54) is 21.8 Å². The highest BCUT2D eigenvalue weighted by Crippen LogP contribution is 2.38. The third kappa shape index (κ3) is 2.12. The third-order valence-corrected chi connectivity index (χ3v) is 5.73. The van der Waals surface area contributed by atoms with Crippen LogP contribution in [0, 0.1) is 0 Å². The lowest BCUT2D eigenvalue weighted by Crippen LogP contribution is -1.92. The molecule has 2 heterocycles. The molecular weight excluding hydrogens is 398 g/mol. The van der Waals surface area contributed by atoms with Gasteiger partial charge in [-0.1, -0.05) is 58.4 Å². The summed E-state index contributed by atoms with van der Waals surface area (Å²) in [5.41, 5.74) is 5.39. The predicted molar refractivity (Wildman–Crippen MR) is 116 cm³/mol. The summed E-state index contributed by atoms with van der Waals surface area (Å²) in [6.07, 6.45) is 0. The van der Waals surface area contributed by atoms with Crippen LogP contribution in [0.5, 0.6) is 0 Å². The van der Waals surface area contributed by atoms with E-state index in [2.05, 4.69) is 93.3 Å². The molecule has 0 fully saturated rings. The number of hydrogen-bond acceptors (Lipinski definition) is 1. The predicted octanol–water partition coefficient (Wildman–Crippen LogP) is 7.45. The zero-order valence-electron chi connectivity index (χ0n) is 14.3. The SMILES string of the molecule is Brc1ccc2c3cc4oc5ccccc5c4cc3n(-c3ccccc3)c2c1. The van der Waals surface area contributed by atoms with Crippen molar-refractivity contribution in [3.63, 3.8) is 0 Å². The fraction of sp³-hybridized carbons (Fsp3) is 0. The summed E-state index contributed by atoms with van der Waals surface area (Å²) in [4.78, 5) is 0. The second-order valence-corrected chi connectivity index (χ2v) is 7.71. The second kappa shape index (κ2) is 5.48. The Morgan fingerprint density at radius 1 is 0.593 bits per heavy atom. The van der Waals surface area contributed by atoms with E-state index in [9.17, 15) is 0 Å². The van der Waals surface area contributed by atoms with Crippen LogP contribution in [0.15, 0.2) is 93.8 Å². The molecule has 0 radical (unpaired) electrons. The highest BCUT2D eigenvalue weighted by molar-refractivity contribution is 9.10. The summed E-state index contributed by atoms with van der Waals surface area (Å²) in [5, 5.41) is 4.73. The van der Waals surface area contributed by atoms with E-state index in [-0.39, 0.29) is 0 Å². The molecule has 27 heavy (non-hydrogen) atoms. The molecule has 0 spiro atoms. The summed E-state index contributed by atoms with van der Waals surface area (Å²) >= 11 is 3.63. The Labute approximate surface area is 163 Å². The van der Waals surface area contributed by atoms with Gasteiger partial charge in [0.1, 0.15) is 11.2 Å². The maximum Gasteiger partial charge on any atom is 0.136 e. The fourth-order valence-electron chi connectivity index (χ4n) is 4.06. The number of hydrogen-bond donors (Lipinski definition) is 0. The second-order valence-electron chi connectivity index (χ2n) is 6.80. The van der Waals surface area contributed by atoms with Crippen LogP contribution in [0.4, 0.5) is 0 Å². The molecule has 0 atom stereocenters. The van der Waals surface area contributed by atoms with E-state index in [1.807, 2.05) is 12.1 Å². The highest BCUT2D eigenvalue weighted by Gasteiger charge is 2.16. The van der Waals surface area contributed by atoms with Gasteiger partial charge in [-0.2, -0.15) is 0 Å². The van der Waals surface area contributed by atoms with E-state index in [0.29, 0.717) is 0 Å². The highest BCUT2D eigenvalue weighted by atomic mass is 79.9. The molecule has 6 aromatic rings. The van der Waals surface area contributed by atoms with Gasteiger partial charge in [0.15, 0.2) is 0 Å². The fourth-order valence-corrected chi connectivity index (χ4v) is 4.41. The molecule has 0 unspecified atom stereocenters. The average Bonchev–Trinajstić information content (AvgIpc) is 3.21. The molecule has 0 N–H and O–H groups in total. The van der Waals surface area contributed by atoms with Crippen molar-refractivity contribution >= 4 is 59.7 Å². The maximum absolute atomic E-state index is 6.13. The van der Waals surface area contributed by atoms with Gasteiger partial charge in [0.05, 0.1) is 11.0 Å². The van der Waals surface area contributed by atoms with Crippen LogP contribution in [0.1, 0.15) is 0 Å². The first kappa shape index (κ1) is 15.1. The molecule has 0 saturated heterocycles. The van der Waals surface area contributed by atoms with E-state index >= 15 is 0 Å². The van der Waals surface area contributed by atoms with Gasteiger partial charge in [-0.3, -0.25) is 0 Å². The van der Waals surface area contributed by atoms with Crippen molar-refractivity contribution in [1.82, 2.24) is 4.57 Å². The number of fused-ring (bicyclic) bond motifs is 6. The van der Waals surface area contributed by atoms with Crippen LogP contribution < -0.4 is 0 Å². The summed E-state index contributed by atoms with van der Waals surface area (Å²) < 4.78 is 9.53. The number of aromatic nitrogens is 1. The number of para-hydroxylation sites is 2. The molecule has 0 aliphatic rings. The van der Waals surface area contributed by atoms with Gasteiger partial charge in [0.2, 0.25) is 0 Å². The van der Waals surface area contributed by atoms with Crippen LogP contribution in [-0.4, -0.2) is 4.57 Å². The molecule has 4 aromatic carbocycles. The minimum absolute atomic E-state index is 0.929. The van der Waals surface area contributed by atoms with E-state index in [0.717, 1.165) is 32.1 Å². The molecule has 0 aliphatic heterocycles. The molecule has 3 heteroatoms. The monoisotopic (exact) mass is 411 g/mol. The molecule has 0 aliphatic carbocycles. The van der Waals surface area contributed by atoms with E-state index in [1.54, 1.807) is 0 Å². The Morgan fingerprint density at radius 3 is 2.26 bits per heavy atom. The van der Waals surface area contributed by atoms with Crippen molar-refractivity contribution in [1.29, 1.82) is 0 Å². The standard InChI is InChI=1S/C24H14BrNO/c25-15-10-11-17-19-14-24-20(18-8-4-5-9-23(18)27-24)13-22(19)26(21(17)12-15)16-6-2-1-3-7-16/h1-14H. The first-order valence-corrected chi connectivity index (χ1v) is 9.69. The van der Waals surface area contributed by atoms with Gasteiger partial charge in [-0.15, -0.1) is 0 Å². The van der Waals surface area contributed by atoms with Crippen LogP contribution in [0.25, 0.3) is 49.4 Å². The van der Waals surface area contributed by atoms with Crippen molar-refractivity contribution in [3.05, 3.63) is 89.4 Å². The average molecular weight is 412 g/mol. The Bertz CT molecular complexity index is 1470. The largest absolute Gasteiger partial charge is 0.456 e. The lowest BCUT2D eigenvalue weighted by molar-refractivity contribution is 0.669.